The molecule has 0 saturated carbocycles. The summed E-state index contributed by atoms with van der Waals surface area (Å²) in [6.07, 6.45) is 1.18. The molecule has 4 rings (SSSR count). The molecule has 1 fully saturated rings. The van der Waals surface area contributed by atoms with Crippen molar-refractivity contribution in [3.05, 3.63) is 47.5 Å². The lowest BCUT2D eigenvalue weighted by Gasteiger charge is -2.34. The Hall–Kier alpha value is -2.41. The highest BCUT2D eigenvalue weighted by atomic mass is 19.1. The Balaban J connectivity index is 1.42. The van der Waals surface area contributed by atoms with Gasteiger partial charge in [-0.25, -0.2) is 4.39 Å². The van der Waals surface area contributed by atoms with E-state index >= 15 is 0 Å². The molecule has 1 saturated heterocycles. The zero-order chi connectivity index (χ0) is 16.5. The second kappa shape index (κ2) is 6.24. The molecule has 1 atom stereocenters. The minimum absolute atomic E-state index is 0.0266. The van der Waals surface area contributed by atoms with E-state index in [1.807, 2.05) is 4.90 Å². The van der Waals surface area contributed by atoms with Crippen molar-refractivity contribution in [1.82, 2.24) is 14.7 Å². The van der Waals surface area contributed by atoms with Gasteiger partial charge in [-0.2, -0.15) is 5.10 Å². The molecule has 24 heavy (non-hydrogen) atoms. The van der Waals surface area contributed by atoms with Gasteiger partial charge in [0.15, 0.2) is 0 Å². The van der Waals surface area contributed by atoms with E-state index < -0.39 is 0 Å². The van der Waals surface area contributed by atoms with Gasteiger partial charge in [-0.05, 0) is 24.6 Å². The molecule has 1 aromatic carbocycles. The van der Waals surface area contributed by atoms with Crippen molar-refractivity contribution in [2.24, 2.45) is 0 Å². The van der Waals surface area contributed by atoms with E-state index in [9.17, 15) is 9.18 Å². The molecule has 0 radical (unpaired) electrons. The summed E-state index contributed by atoms with van der Waals surface area (Å²) in [5.41, 5.74) is 1.22. The molecule has 3 heterocycles. The number of amides is 1. The van der Waals surface area contributed by atoms with Crippen LogP contribution in [0.1, 0.15) is 22.6 Å². The van der Waals surface area contributed by atoms with Crippen molar-refractivity contribution < 1.29 is 18.7 Å². The van der Waals surface area contributed by atoms with E-state index in [0.717, 1.165) is 13.0 Å². The van der Waals surface area contributed by atoms with Gasteiger partial charge in [0, 0.05) is 25.8 Å². The quantitative estimate of drug-likeness (QED) is 0.839. The summed E-state index contributed by atoms with van der Waals surface area (Å²) < 4.78 is 25.8. The largest absolute Gasteiger partial charge is 0.487 e. The fourth-order valence-electron chi connectivity index (χ4n) is 2.92. The maximum absolute atomic E-state index is 13.2. The highest BCUT2D eigenvalue weighted by Gasteiger charge is 2.30. The molecule has 2 aliphatic heterocycles. The van der Waals surface area contributed by atoms with Gasteiger partial charge >= 0.3 is 0 Å². The minimum Gasteiger partial charge on any atom is -0.487 e. The Morgan fingerprint density at radius 1 is 1.33 bits per heavy atom. The number of halogens is 1. The van der Waals surface area contributed by atoms with Crippen molar-refractivity contribution >= 4 is 5.91 Å². The van der Waals surface area contributed by atoms with Gasteiger partial charge in [0.1, 0.15) is 29.6 Å². The first-order valence-corrected chi connectivity index (χ1v) is 8.05. The van der Waals surface area contributed by atoms with Crippen LogP contribution in [-0.4, -0.2) is 46.4 Å². The third-order valence-electron chi connectivity index (χ3n) is 4.32. The molecule has 126 valence electrons. The maximum atomic E-state index is 13.2. The SMILES string of the molecule is O=C1c2cc(COc3cccc(F)c3)nn2CCN1C[C@@H]1CCO1. The topological polar surface area (TPSA) is 56.6 Å². The second-order valence-electron chi connectivity index (χ2n) is 6.02. The van der Waals surface area contributed by atoms with Crippen LogP contribution in [0.25, 0.3) is 0 Å². The lowest BCUT2D eigenvalue weighted by atomic mass is 10.1. The summed E-state index contributed by atoms with van der Waals surface area (Å²) in [5.74, 6) is 0.0676. The number of ether oxygens (including phenoxy) is 2. The smallest absolute Gasteiger partial charge is 0.272 e. The van der Waals surface area contributed by atoms with Gasteiger partial charge in [0.05, 0.1) is 12.6 Å². The molecule has 2 aromatic rings. The molecule has 0 spiro atoms. The van der Waals surface area contributed by atoms with E-state index in [-0.39, 0.29) is 24.4 Å². The average molecular weight is 331 g/mol. The summed E-state index contributed by atoms with van der Waals surface area (Å²) in [6.45, 7) is 2.92. The van der Waals surface area contributed by atoms with Crippen molar-refractivity contribution in [1.29, 1.82) is 0 Å². The highest BCUT2D eigenvalue weighted by molar-refractivity contribution is 5.93. The fourth-order valence-corrected chi connectivity index (χ4v) is 2.92. The van der Waals surface area contributed by atoms with Gasteiger partial charge in [-0.3, -0.25) is 9.48 Å². The van der Waals surface area contributed by atoms with E-state index in [0.29, 0.717) is 36.8 Å². The second-order valence-corrected chi connectivity index (χ2v) is 6.02. The number of hydrogen-bond donors (Lipinski definition) is 0. The number of aromatic nitrogens is 2. The van der Waals surface area contributed by atoms with Gasteiger partial charge in [-0.1, -0.05) is 6.07 Å². The first kappa shape index (κ1) is 15.1. The molecule has 1 aromatic heterocycles. The van der Waals surface area contributed by atoms with E-state index in [1.54, 1.807) is 22.9 Å². The summed E-state index contributed by atoms with van der Waals surface area (Å²) >= 11 is 0. The Bertz CT molecular complexity index is 757. The number of fused-ring (bicyclic) bond motifs is 1. The summed E-state index contributed by atoms with van der Waals surface area (Å²) in [5, 5.41) is 4.41. The molecule has 0 N–H and O–H groups in total. The van der Waals surface area contributed by atoms with Crippen LogP contribution in [0, 0.1) is 5.82 Å². The number of hydrogen-bond acceptors (Lipinski definition) is 4. The Kier molecular flexibility index (Phi) is 3.93. The molecule has 0 bridgehead atoms. The molecule has 0 aliphatic carbocycles. The zero-order valence-corrected chi connectivity index (χ0v) is 13.2. The molecule has 2 aliphatic rings. The molecular weight excluding hydrogens is 313 g/mol. The van der Waals surface area contributed by atoms with Crippen LogP contribution in [0.4, 0.5) is 4.39 Å². The predicted octanol–water partition coefficient (Wildman–Crippen LogP) is 1.85. The number of nitrogens with zero attached hydrogens (tertiary/aromatic N) is 3. The highest BCUT2D eigenvalue weighted by Crippen LogP contribution is 2.19. The van der Waals surface area contributed by atoms with E-state index in [2.05, 4.69) is 5.10 Å². The van der Waals surface area contributed by atoms with Crippen LogP contribution >= 0.6 is 0 Å². The summed E-state index contributed by atoms with van der Waals surface area (Å²) in [7, 11) is 0. The van der Waals surface area contributed by atoms with Crippen molar-refractivity contribution in [3.63, 3.8) is 0 Å². The van der Waals surface area contributed by atoms with Gasteiger partial charge in [0.2, 0.25) is 0 Å². The van der Waals surface area contributed by atoms with Crippen LogP contribution in [-0.2, 0) is 17.9 Å². The Morgan fingerprint density at radius 3 is 2.96 bits per heavy atom. The summed E-state index contributed by atoms with van der Waals surface area (Å²) in [6, 6.07) is 7.70. The lowest BCUT2D eigenvalue weighted by Crippen LogP contribution is -2.47. The standard InChI is InChI=1S/C17H18FN3O3/c18-12-2-1-3-14(8-12)24-11-13-9-16-17(22)20(5-6-21(16)19-13)10-15-4-7-23-15/h1-3,8-9,15H,4-7,10-11H2/t15-/m0/s1. The maximum Gasteiger partial charge on any atom is 0.272 e. The number of carbonyl (C=O) groups excluding carboxylic acids is 1. The van der Waals surface area contributed by atoms with Crippen LogP contribution in [0.5, 0.6) is 5.75 Å². The monoisotopic (exact) mass is 331 g/mol. The first-order valence-electron chi connectivity index (χ1n) is 8.05. The average Bonchev–Trinajstić information content (AvgIpc) is 2.95. The third-order valence-corrected chi connectivity index (χ3v) is 4.32. The fraction of sp³-hybridized carbons (Fsp3) is 0.412. The molecule has 1 amide bonds. The molecular formula is C17H18FN3O3. The van der Waals surface area contributed by atoms with Crippen LogP contribution in [0.3, 0.4) is 0 Å². The van der Waals surface area contributed by atoms with E-state index in [1.165, 1.54) is 12.1 Å². The van der Waals surface area contributed by atoms with Gasteiger partial charge in [0.25, 0.3) is 5.91 Å². The van der Waals surface area contributed by atoms with Crippen LogP contribution < -0.4 is 4.74 Å². The molecule has 0 unspecified atom stereocenters. The molecule has 6 nitrogen and oxygen atoms in total. The first-order chi connectivity index (χ1) is 11.7. The Morgan fingerprint density at radius 2 is 2.21 bits per heavy atom. The van der Waals surface area contributed by atoms with Crippen molar-refractivity contribution in [2.45, 2.75) is 25.7 Å². The van der Waals surface area contributed by atoms with Crippen molar-refractivity contribution in [2.75, 3.05) is 19.7 Å². The van der Waals surface area contributed by atoms with Gasteiger partial charge in [-0.15, -0.1) is 0 Å². The summed E-state index contributed by atoms with van der Waals surface area (Å²) in [4.78, 5) is 14.4. The molecule has 7 heteroatoms. The number of carbonyl (C=O) groups is 1. The normalized spacial score (nSPS) is 19.8. The van der Waals surface area contributed by atoms with E-state index in [4.69, 9.17) is 9.47 Å². The van der Waals surface area contributed by atoms with Crippen molar-refractivity contribution in [3.8, 4) is 5.75 Å². The van der Waals surface area contributed by atoms with Gasteiger partial charge < -0.3 is 14.4 Å². The minimum atomic E-state index is -0.347. The lowest BCUT2D eigenvalue weighted by molar-refractivity contribution is -0.0640. The number of benzene rings is 1. The van der Waals surface area contributed by atoms with Crippen LogP contribution in [0.2, 0.25) is 0 Å². The number of rotatable bonds is 5. The predicted molar refractivity (Wildman–Crippen MR) is 83.2 cm³/mol. The zero-order valence-electron chi connectivity index (χ0n) is 13.2. The van der Waals surface area contributed by atoms with Crippen LogP contribution in [0.15, 0.2) is 30.3 Å². The Labute approximate surface area is 138 Å². The third kappa shape index (κ3) is 2.99.